The third-order valence-corrected chi connectivity index (χ3v) is 3.83. The second-order valence-corrected chi connectivity index (χ2v) is 5.69. The third kappa shape index (κ3) is 4.50. The van der Waals surface area contributed by atoms with Gasteiger partial charge < -0.3 is 10.2 Å². The van der Waals surface area contributed by atoms with E-state index in [1.54, 1.807) is 0 Å². The van der Waals surface area contributed by atoms with Gasteiger partial charge in [-0.15, -0.1) is 12.4 Å². The fraction of sp³-hybridized carbons (Fsp3) is 0.562. The van der Waals surface area contributed by atoms with Gasteiger partial charge in [0, 0.05) is 31.6 Å². The van der Waals surface area contributed by atoms with Crippen molar-refractivity contribution in [2.45, 2.75) is 45.7 Å². The first-order valence-corrected chi connectivity index (χ1v) is 7.14. The Hall–Kier alpha value is -1.06. The smallest absolute Gasteiger partial charge is 0.223 e. The van der Waals surface area contributed by atoms with E-state index in [0.29, 0.717) is 18.5 Å². The molecule has 1 aromatic rings. The van der Waals surface area contributed by atoms with Crippen molar-refractivity contribution in [3.8, 4) is 0 Å². The number of carbonyl (C=O) groups is 1. The van der Waals surface area contributed by atoms with E-state index in [1.807, 2.05) is 4.90 Å². The maximum atomic E-state index is 12.3. The molecule has 2 atom stereocenters. The predicted molar refractivity (Wildman–Crippen MR) is 85.4 cm³/mol. The van der Waals surface area contributed by atoms with Crippen molar-refractivity contribution in [2.24, 2.45) is 0 Å². The molecule has 1 saturated heterocycles. The molecule has 1 aromatic carbocycles. The Morgan fingerprint density at radius 2 is 1.95 bits per heavy atom. The van der Waals surface area contributed by atoms with Crippen molar-refractivity contribution in [2.75, 3.05) is 13.1 Å². The average Bonchev–Trinajstić information content (AvgIpc) is 2.40. The Morgan fingerprint density at radius 1 is 1.30 bits per heavy atom. The number of benzene rings is 1. The molecule has 1 aliphatic rings. The van der Waals surface area contributed by atoms with E-state index in [2.05, 4.69) is 50.4 Å². The van der Waals surface area contributed by atoms with Gasteiger partial charge in [-0.3, -0.25) is 4.79 Å². The Bertz CT molecular complexity index is 433. The number of carbonyl (C=O) groups excluding carboxylic acids is 1. The molecule has 0 spiro atoms. The molecule has 0 bridgehead atoms. The standard InChI is InChI=1S/C16H24N2O.ClH/c1-12-4-6-15(7-5-12)8-9-16(19)18-11-13(2)17-10-14(18)3;/h4-7,13-14,17H,8-11H2,1-3H3;1H. The molecule has 0 aromatic heterocycles. The summed E-state index contributed by atoms with van der Waals surface area (Å²) in [4.78, 5) is 14.3. The van der Waals surface area contributed by atoms with Crippen LogP contribution in [0.4, 0.5) is 0 Å². The van der Waals surface area contributed by atoms with Crippen LogP contribution in [0.25, 0.3) is 0 Å². The summed E-state index contributed by atoms with van der Waals surface area (Å²) in [7, 11) is 0. The van der Waals surface area contributed by atoms with Crippen LogP contribution >= 0.6 is 12.4 Å². The number of amides is 1. The van der Waals surface area contributed by atoms with Crippen LogP contribution in [0.15, 0.2) is 24.3 Å². The van der Waals surface area contributed by atoms with Gasteiger partial charge in [0.1, 0.15) is 0 Å². The molecule has 1 fully saturated rings. The molecule has 112 valence electrons. The Balaban J connectivity index is 0.00000200. The Morgan fingerprint density at radius 3 is 2.60 bits per heavy atom. The van der Waals surface area contributed by atoms with Gasteiger partial charge in [-0.05, 0) is 32.8 Å². The van der Waals surface area contributed by atoms with Crippen molar-refractivity contribution in [1.29, 1.82) is 0 Å². The summed E-state index contributed by atoms with van der Waals surface area (Å²) in [6, 6.07) is 9.16. The van der Waals surface area contributed by atoms with Crippen LogP contribution in [0, 0.1) is 6.92 Å². The number of hydrogen-bond acceptors (Lipinski definition) is 2. The first kappa shape index (κ1) is 17.0. The van der Waals surface area contributed by atoms with Crippen LogP contribution in [0.1, 0.15) is 31.4 Å². The minimum absolute atomic E-state index is 0. The highest BCUT2D eigenvalue weighted by molar-refractivity contribution is 5.85. The molecule has 0 saturated carbocycles. The van der Waals surface area contributed by atoms with Crippen LogP contribution < -0.4 is 5.32 Å². The molecule has 20 heavy (non-hydrogen) atoms. The van der Waals surface area contributed by atoms with Crippen LogP contribution in [-0.4, -0.2) is 36.0 Å². The van der Waals surface area contributed by atoms with Gasteiger partial charge in [0.05, 0.1) is 0 Å². The summed E-state index contributed by atoms with van der Waals surface area (Å²) in [6.45, 7) is 8.05. The second kappa shape index (κ2) is 7.65. The average molecular weight is 297 g/mol. The molecule has 1 heterocycles. The zero-order chi connectivity index (χ0) is 13.8. The summed E-state index contributed by atoms with van der Waals surface area (Å²) in [5.41, 5.74) is 2.51. The second-order valence-electron chi connectivity index (χ2n) is 5.69. The highest BCUT2D eigenvalue weighted by atomic mass is 35.5. The lowest BCUT2D eigenvalue weighted by Crippen LogP contribution is -2.56. The molecular weight excluding hydrogens is 272 g/mol. The molecule has 2 rings (SSSR count). The van der Waals surface area contributed by atoms with Gasteiger partial charge in [0.25, 0.3) is 0 Å². The van der Waals surface area contributed by atoms with E-state index in [4.69, 9.17) is 0 Å². The molecule has 1 aliphatic heterocycles. The monoisotopic (exact) mass is 296 g/mol. The maximum absolute atomic E-state index is 12.3. The van der Waals surface area contributed by atoms with E-state index in [0.717, 1.165) is 19.5 Å². The van der Waals surface area contributed by atoms with Crippen molar-refractivity contribution >= 4 is 18.3 Å². The highest BCUT2D eigenvalue weighted by Crippen LogP contribution is 2.11. The summed E-state index contributed by atoms with van der Waals surface area (Å²) < 4.78 is 0. The first-order valence-electron chi connectivity index (χ1n) is 7.14. The largest absolute Gasteiger partial charge is 0.337 e. The molecule has 2 unspecified atom stereocenters. The summed E-state index contributed by atoms with van der Waals surface area (Å²) in [6.07, 6.45) is 1.45. The van der Waals surface area contributed by atoms with Crippen LogP contribution in [-0.2, 0) is 11.2 Å². The van der Waals surface area contributed by atoms with E-state index in [1.165, 1.54) is 11.1 Å². The quantitative estimate of drug-likeness (QED) is 0.930. The fourth-order valence-electron chi connectivity index (χ4n) is 2.52. The van der Waals surface area contributed by atoms with E-state index in [-0.39, 0.29) is 18.3 Å². The van der Waals surface area contributed by atoms with E-state index >= 15 is 0 Å². The number of nitrogens with one attached hydrogen (secondary N) is 1. The van der Waals surface area contributed by atoms with Gasteiger partial charge >= 0.3 is 0 Å². The predicted octanol–water partition coefficient (Wildman–Crippen LogP) is 2.56. The third-order valence-electron chi connectivity index (χ3n) is 3.83. The van der Waals surface area contributed by atoms with Gasteiger partial charge in [0.2, 0.25) is 5.91 Å². The summed E-state index contributed by atoms with van der Waals surface area (Å²) in [5.74, 6) is 0.279. The van der Waals surface area contributed by atoms with Gasteiger partial charge in [-0.25, -0.2) is 0 Å². The first-order chi connectivity index (χ1) is 9.06. The molecule has 4 heteroatoms. The molecular formula is C16H25ClN2O. The normalized spacial score (nSPS) is 22.2. The van der Waals surface area contributed by atoms with Crippen molar-refractivity contribution < 1.29 is 4.79 Å². The zero-order valence-electron chi connectivity index (χ0n) is 12.6. The lowest BCUT2D eigenvalue weighted by atomic mass is 10.1. The Kier molecular flexibility index (Phi) is 6.50. The maximum Gasteiger partial charge on any atom is 0.223 e. The number of aryl methyl sites for hydroxylation is 2. The molecule has 1 amide bonds. The lowest BCUT2D eigenvalue weighted by molar-refractivity contribution is -0.134. The zero-order valence-corrected chi connectivity index (χ0v) is 13.4. The minimum Gasteiger partial charge on any atom is -0.337 e. The SMILES string of the molecule is Cc1ccc(CCC(=O)N2CC(C)NCC2C)cc1.Cl. The Labute approximate surface area is 128 Å². The van der Waals surface area contributed by atoms with Gasteiger partial charge in [-0.2, -0.15) is 0 Å². The van der Waals surface area contributed by atoms with Gasteiger partial charge in [0.15, 0.2) is 0 Å². The van der Waals surface area contributed by atoms with Crippen LogP contribution in [0.5, 0.6) is 0 Å². The number of hydrogen-bond donors (Lipinski definition) is 1. The van der Waals surface area contributed by atoms with Crippen molar-refractivity contribution in [3.63, 3.8) is 0 Å². The van der Waals surface area contributed by atoms with E-state index in [9.17, 15) is 4.79 Å². The summed E-state index contributed by atoms with van der Waals surface area (Å²) in [5, 5.41) is 3.40. The number of nitrogens with zero attached hydrogens (tertiary/aromatic N) is 1. The highest BCUT2D eigenvalue weighted by Gasteiger charge is 2.25. The lowest BCUT2D eigenvalue weighted by Gasteiger charge is -2.37. The number of piperazine rings is 1. The van der Waals surface area contributed by atoms with Crippen molar-refractivity contribution in [3.05, 3.63) is 35.4 Å². The van der Waals surface area contributed by atoms with E-state index < -0.39 is 0 Å². The molecule has 3 nitrogen and oxygen atoms in total. The summed E-state index contributed by atoms with van der Waals surface area (Å²) >= 11 is 0. The molecule has 0 radical (unpaired) electrons. The minimum atomic E-state index is 0. The van der Waals surface area contributed by atoms with Gasteiger partial charge in [-0.1, -0.05) is 29.8 Å². The van der Waals surface area contributed by atoms with Crippen LogP contribution in [0.3, 0.4) is 0 Å². The molecule has 1 N–H and O–H groups in total. The topological polar surface area (TPSA) is 32.3 Å². The molecule has 0 aliphatic carbocycles. The number of rotatable bonds is 3. The van der Waals surface area contributed by atoms with Crippen molar-refractivity contribution in [1.82, 2.24) is 10.2 Å². The van der Waals surface area contributed by atoms with Crippen LogP contribution in [0.2, 0.25) is 0 Å². The fourth-order valence-corrected chi connectivity index (χ4v) is 2.52. The number of halogens is 1.